The van der Waals surface area contributed by atoms with E-state index in [4.69, 9.17) is 0 Å². The van der Waals surface area contributed by atoms with E-state index in [0.29, 0.717) is 25.1 Å². The van der Waals surface area contributed by atoms with Crippen LogP contribution < -0.4 is 0 Å². The van der Waals surface area contributed by atoms with Crippen molar-refractivity contribution >= 4 is 16.9 Å². The number of carbonyl (C=O) groups excluding carboxylic acids is 1. The summed E-state index contributed by atoms with van der Waals surface area (Å²) in [6, 6.07) is 7.33. The van der Waals surface area contributed by atoms with E-state index >= 15 is 0 Å². The van der Waals surface area contributed by atoms with Gasteiger partial charge in [-0.2, -0.15) is 0 Å². The van der Waals surface area contributed by atoms with Crippen LogP contribution in [0.3, 0.4) is 0 Å². The summed E-state index contributed by atoms with van der Waals surface area (Å²) >= 11 is 0. The zero-order chi connectivity index (χ0) is 15.8. The number of rotatable bonds is 1. The number of hydrogen-bond acceptors (Lipinski definition) is 5. The van der Waals surface area contributed by atoms with E-state index in [-0.39, 0.29) is 11.7 Å². The van der Waals surface area contributed by atoms with Gasteiger partial charge in [-0.05, 0) is 29.8 Å². The molecule has 4 rings (SSSR count). The van der Waals surface area contributed by atoms with E-state index in [1.54, 1.807) is 11.1 Å². The molecule has 6 heteroatoms. The van der Waals surface area contributed by atoms with Crippen molar-refractivity contribution in [2.75, 3.05) is 6.54 Å². The molecule has 0 aromatic carbocycles. The Morgan fingerprint density at radius 2 is 2.17 bits per heavy atom. The first-order chi connectivity index (χ1) is 11.2. The van der Waals surface area contributed by atoms with E-state index in [9.17, 15) is 9.90 Å². The van der Waals surface area contributed by atoms with Crippen molar-refractivity contribution in [1.82, 2.24) is 19.9 Å². The molecule has 0 bridgehead atoms. The predicted molar refractivity (Wildman–Crippen MR) is 83.9 cm³/mol. The average Bonchev–Trinajstić information content (AvgIpc) is 2.59. The van der Waals surface area contributed by atoms with Gasteiger partial charge in [0.2, 0.25) is 0 Å². The molecule has 0 saturated heterocycles. The maximum Gasteiger partial charge on any atom is 0.255 e. The van der Waals surface area contributed by atoms with E-state index in [1.165, 1.54) is 18.5 Å². The van der Waals surface area contributed by atoms with Crippen molar-refractivity contribution in [2.24, 2.45) is 0 Å². The zero-order valence-electron chi connectivity index (χ0n) is 12.3. The molecule has 3 aromatic rings. The zero-order valence-corrected chi connectivity index (χ0v) is 12.3. The monoisotopic (exact) mass is 306 g/mol. The molecule has 0 fully saturated rings. The van der Waals surface area contributed by atoms with Gasteiger partial charge in [0.05, 0.1) is 11.8 Å². The average molecular weight is 306 g/mol. The molecule has 114 valence electrons. The van der Waals surface area contributed by atoms with Gasteiger partial charge in [-0.1, -0.05) is 0 Å². The highest BCUT2D eigenvalue weighted by atomic mass is 16.3. The van der Waals surface area contributed by atoms with Gasteiger partial charge < -0.3 is 10.0 Å². The molecule has 6 nitrogen and oxygen atoms in total. The third-order valence-electron chi connectivity index (χ3n) is 4.00. The Morgan fingerprint density at radius 3 is 3.04 bits per heavy atom. The first kappa shape index (κ1) is 13.6. The normalized spacial score (nSPS) is 13.8. The number of nitrogens with zero attached hydrogens (tertiary/aromatic N) is 4. The van der Waals surface area contributed by atoms with Crippen LogP contribution in [0.5, 0.6) is 5.75 Å². The second-order valence-corrected chi connectivity index (χ2v) is 5.55. The van der Waals surface area contributed by atoms with Crippen LogP contribution in [0.2, 0.25) is 0 Å². The predicted octanol–water partition coefficient (Wildman–Crippen LogP) is 1.93. The van der Waals surface area contributed by atoms with Crippen molar-refractivity contribution < 1.29 is 9.90 Å². The summed E-state index contributed by atoms with van der Waals surface area (Å²) in [5.41, 5.74) is 3.17. The smallest absolute Gasteiger partial charge is 0.255 e. The van der Waals surface area contributed by atoms with Crippen LogP contribution in [0.4, 0.5) is 0 Å². The summed E-state index contributed by atoms with van der Waals surface area (Å²) in [6.07, 6.45) is 5.21. The van der Waals surface area contributed by atoms with E-state index in [0.717, 1.165) is 22.3 Å². The summed E-state index contributed by atoms with van der Waals surface area (Å²) in [5.74, 6) is -0.141. The largest absolute Gasteiger partial charge is 0.506 e. The summed E-state index contributed by atoms with van der Waals surface area (Å²) in [4.78, 5) is 27.1. The van der Waals surface area contributed by atoms with Crippen LogP contribution in [0, 0.1) is 0 Å². The van der Waals surface area contributed by atoms with Crippen LogP contribution >= 0.6 is 0 Å². The van der Waals surface area contributed by atoms with E-state index in [2.05, 4.69) is 15.0 Å². The molecule has 0 atom stereocenters. The maximum absolute atomic E-state index is 12.6. The summed E-state index contributed by atoms with van der Waals surface area (Å²) < 4.78 is 0. The minimum atomic E-state index is -0.134. The number of carbonyl (C=O) groups is 1. The van der Waals surface area contributed by atoms with Gasteiger partial charge in [-0.3, -0.25) is 9.78 Å². The lowest BCUT2D eigenvalue weighted by Crippen LogP contribution is -2.36. The van der Waals surface area contributed by atoms with Crippen molar-refractivity contribution in [1.29, 1.82) is 0 Å². The van der Waals surface area contributed by atoms with Crippen molar-refractivity contribution in [3.05, 3.63) is 59.7 Å². The molecule has 23 heavy (non-hydrogen) atoms. The number of amides is 1. The highest BCUT2D eigenvalue weighted by molar-refractivity contribution is 5.94. The van der Waals surface area contributed by atoms with Crippen LogP contribution in [0.25, 0.3) is 11.0 Å². The second kappa shape index (κ2) is 5.31. The Morgan fingerprint density at radius 1 is 1.26 bits per heavy atom. The van der Waals surface area contributed by atoms with Gasteiger partial charge >= 0.3 is 0 Å². The SMILES string of the molecule is O=C(c1cncc(O)c1)N1CCc2nc3ncccc3cc2C1. The second-order valence-electron chi connectivity index (χ2n) is 5.55. The molecule has 4 heterocycles. The van der Waals surface area contributed by atoms with Gasteiger partial charge in [0.25, 0.3) is 5.91 Å². The molecule has 0 aliphatic carbocycles. The summed E-state index contributed by atoms with van der Waals surface area (Å²) in [7, 11) is 0. The third-order valence-corrected chi connectivity index (χ3v) is 4.00. The first-order valence-electron chi connectivity index (χ1n) is 7.37. The standard InChI is InChI=1S/C17H14N4O2/c22-14-7-12(8-18-9-14)17(23)21-5-3-15-13(10-21)6-11-2-1-4-19-16(11)20-15/h1-2,4,6-9,22H,3,5,10H2. The first-order valence-corrected chi connectivity index (χ1v) is 7.37. The fourth-order valence-electron chi connectivity index (χ4n) is 2.87. The Bertz CT molecular complexity index is 910. The third kappa shape index (κ3) is 2.48. The fraction of sp³-hybridized carbons (Fsp3) is 0.176. The van der Waals surface area contributed by atoms with Gasteiger partial charge in [0.15, 0.2) is 5.65 Å². The molecule has 1 N–H and O–H groups in total. The Labute approximate surface area is 132 Å². The van der Waals surface area contributed by atoms with E-state index < -0.39 is 0 Å². The van der Waals surface area contributed by atoms with Crippen molar-refractivity contribution in [3.63, 3.8) is 0 Å². The lowest BCUT2D eigenvalue weighted by Gasteiger charge is -2.28. The van der Waals surface area contributed by atoms with Crippen LogP contribution in [0.15, 0.2) is 42.9 Å². The highest BCUT2D eigenvalue weighted by Crippen LogP contribution is 2.23. The minimum Gasteiger partial charge on any atom is -0.506 e. The number of pyridine rings is 3. The number of hydrogen-bond donors (Lipinski definition) is 1. The number of aromatic hydroxyl groups is 1. The lowest BCUT2D eigenvalue weighted by molar-refractivity contribution is 0.0733. The van der Waals surface area contributed by atoms with Gasteiger partial charge in [-0.15, -0.1) is 0 Å². The summed E-state index contributed by atoms with van der Waals surface area (Å²) in [5, 5.41) is 10.5. The van der Waals surface area contributed by atoms with E-state index in [1.807, 2.05) is 18.2 Å². The van der Waals surface area contributed by atoms with Gasteiger partial charge in [-0.25, -0.2) is 9.97 Å². The van der Waals surface area contributed by atoms with Crippen molar-refractivity contribution in [2.45, 2.75) is 13.0 Å². The van der Waals surface area contributed by atoms with Gasteiger partial charge in [0, 0.05) is 43.0 Å². The molecule has 1 aliphatic rings. The molecule has 0 saturated carbocycles. The molecule has 1 amide bonds. The summed E-state index contributed by atoms with van der Waals surface area (Å²) in [6.45, 7) is 1.09. The minimum absolute atomic E-state index is 0.00741. The van der Waals surface area contributed by atoms with Gasteiger partial charge in [0.1, 0.15) is 5.75 Å². The topological polar surface area (TPSA) is 79.2 Å². The van der Waals surface area contributed by atoms with Crippen LogP contribution in [-0.2, 0) is 13.0 Å². The fourth-order valence-corrected chi connectivity index (χ4v) is 2.87. The molecule has 0 spiro atoms. The maximum atomic E-state index is 12.6. The van der Waals surface area contributed by atoms with Crippen molar-refractivity contribution in [3.8, 4) is 5.75 Å². The number of aromatic nitrogens is 3. The molecular formula is C17H14N4O2. The molecule has 0 radical (unpaired) electrons. The lowest BCUT2D eigenvalue weighted by atomic mass is 10.0. The molecule has 0 unspecified atom stereocenters. The molecule has 1 aliphatic heterocycles. The molecular weight excluding hydrogens is 292 g/mol. The highest BCUT2D eigenvalue weighted by Gasteiger charge is 2.23. The molecule has 3 aromatic heterocycles. The Kier molecular flexibility index (Phi) is 3.15. The number of fused-ring (bicyclic) bond motifs is 2. The van der Waals surface area contributed by atoms with Crippen LogP contribution in [-0.4, -0.2) is 37.4 Å². The quantitative estimate of drug-likeness (QED) is 0.743. The Balaban J connectivity index is 1.65. The Hall–Kier alpha value is -3.02. The van der Waals surface area contributed by atoms with Crippen LogP contribution in [0.1, 0.15) is 21.6 Å².